The van der Waals surface area contributed by atoms with Crippen molar-refractivity contribution in [1.29, 1.82) is 0 Å². The Balaban J connectivity index is 2.21. The Morgan fingerprint density at radius 3 is 2.19 bits per heavy atom. The first kappa shape index (κ1) is 18.8. The van der Waals surface area contributed by atoms with Crippen molar-refractivity contribution in [1.82, 2.24) is 5.32 Å². The number of aliphatic carboxylic acids is 2. The zero-order valence-corrected chi connectivity index (χ0v) is 13.9. The summed E-state index contributed by atoms with van der Waals surface area (Å²) in [5.41, 5.74) is 7.76. The molecule has 2 aromatic carbocycles. The van der Waals surface area contributed by atoms with E-state index in [2.05, 4.69) is 5.32 Å². The quantitative estimate of drug-likeness (QED) is 0.551. The maximum absolute atomic E-state index is 12.2. The highest BCUT2D eigenvalue weighted by Crippen LogP contribution is 2.26. The molecular formula is C18H18N2O6. The van der Waals surface area contributed by atoms with Gasteiger partial charge in [0.1, 0.15) is 11.8 Å². The predicted molar refractivity (Wildman–Crippen MR) is 94.0 cm³/mol. The van der Waals surface area contributed by atoms with Crippen molar-refractivity contribution in [2.75, 3.05) is 12.8 Å². The zero-order valence-electron chi connectivity index (χ0n) is 13.9. The summed E-state index contributed by atoms with van der Waals surface area (Å²) in [5, 5.41) is 19.9. The summed E-state index contributed by atoms with van der Waals surface area (Å²) in [4.78, 5) is 34.0. The van der Waals surface area contributed by atoms with Crippen LogP contribution in [0.4, 0.5) is 5.69 Å². The predicted octanol–water partition coefficient (Wildman–Crippen LogP) is 1.60. The number of hydrogen-bond donors (Lipinski definition) is 4. The Bertz CT molecular complexity index is 832. The van der Waals surface area contributed by atoms with Gasteiger partial charge in [-0.05, 0) is 35.4 Å². The molecule has 0 saturated heterocycles. The molecule has 0 aromatic heterocycles. The highest BCUT2D eigenvalue weighted by Gasteiger charge is 2.24. The van der Waals surface area contributed by atoms with Gasteiger partial charge in [0, 0.05) is 5.69 Å². The van der Waals surface area contributed by atoms with Crippen molar-refractivity contribution >= 4 is 23.5 Å². The summed E-state index contributed by atoms with van der Waals surface area (Å²) in [6, 6.07) is 10.4. The average Bonchev–Trinajstić information content (AvgIpc) is 2.60. The fraction of sp³-hybridized carbons (Fsp3) is 0.167. The molecule has 0 heterocycles. The second-order valence-electron chi connectivity index (χ2n) is 5.49. The lowest BCUT2D eigenvalue weighted by atomic mass is 10.0. The van der Waals surface area contributed by atoms with E-state index in [1.165, 1.54) is 6.07 Å². The van der Waals surface area contributed by atoms with Gasteiger partial charge >= 0.3 is 11.9 Å². The Morgan fingerprint density at radius 1 is 1.08 bits per heavy atom. The minimum atomic E-state index is -1.54. The molecule has 0 fully saturated rings. The van der Waals surface area contributed by atoms with E-state index in [0.29, 0.717) is 5.75 Å². The van der Waals surface area contributed by atoms with Gasteiger partial charge in [-0.15, -0.1) is 0 Å². The van der Waals surface area contributed by atoms with Crippen LogP contribution in [0.2, 0.25) is 0 Å². The maximum Gasteiger partial charge on any atom is 0.326 e. The van der Waals surface area contributed by atoms with Crippen LogP contribution in [0.15, 0.2) is 42.5 Å². The van der Waals surface area contributed by atoms with Crippen LogP contribution in [0, 0.1) is 0 Å². The fourth-order valence-electron chi connectivity index (χ4n) is 2.34. The second-order valence-corrected chi connectivity index (χ2v) is 5.49. The van der Waals surface area contributed by atoms with Gasteiger partial charge in [0.25, 0.3) is 5.91 Å². The molecule has 2 rings (SSSR count). The fourth-order valence-corrected chi connectivity index (χ4v) is 2.34. The molecule has 5 N–H and O–H groups in total. The molecule has 2 aromatic rings. The molecule has 0 unspecified atom stereocenters. The minimum absolute atomic E-state index is 0.0684. The maximum atomic E-state index is 12.2. The van der Waals surface area contributed by atoms with Gasteiger partial charge in [0.05, 0.1) is 19.1 Å². The molecule has 26 heavy (non-hydrogen) atoms. The van der Waals surface area contributed by atoms with Crippen molar-refractivity contribution < 1.29 is 29.3 Å². The monoisotopic (exact) mass is 358 g/mol. The van der Waals surface area contributed by atoms with E-state index in [0.717, 1.165) is 11.1 Å². The van der Waals surface area contributed by atoms with E-state index in [1.54, 1.807) is 31.4 Å². The van der Waals surface area contributed by atoms with Crippen molar-refractivity contribution in [2.24, 2.45) is 0 Å². The van der Waals surface area contributed by atoms with Gasteiger partial charge in [0.2, 0.25) is 0 Å². The van der Waals surface area contributed by atoms with Crippen LogP contribution in [0.5, 0.6) is 5.75 Å². The summed E-state index contributed by atoms with van der Waals surface area (Å²) in [6.07, 6.45) is -0.731. The first-order valence-corrected chi connectivity index (χ1v) is 7.61. The number of methoxy groups -OCH3 is 1. The van der Waals surface area contributed by atoms with Crippen LogP contribution in [0.3, 0.4) is 0 Å². The number of nitrogen functional groups attached to an aromatic ring is 1. The number of ether oxygens (including phenoxy) is 1. The minimum Gasteiger partial charge on any atom is -0.497 e. The van der Waals surface area contributed by atoms with E-state index in [1.807, 2.05) is 12.1 Å². The Hall–Kier alpha value is -3.55. The molecule has 0 aliphatic rings. The van der Waals surface area contributed by atoms with Gasteiger partial charge in [-0.1, -0.05) is 18.2 Å². The average molecular weight is 358 g/mol. The van der Waals surface area contributed by atoms with E-state index in [-0.39, 0.29) is 11.3 Å². The molecule has 1 amide bonds. The Kier molecular flexibility index (Phi) is 5.79. The number of carboxylic acid groups (broad SMARTS) is 2. The number of benzene rings is 2. The van der Waals surface area contributed by atoms with Crippen LogP contribution < -0.4 is 15.8 Å². The lowest BCUT2D eigenvalue weighted by Crippen LogP contribution is -2.42. The van der Waals surface area contributed by atoms with Crippen molar-refractivity contribution in [3.63, 3.8) is 0 Å². The molecule has 1 atom stereocenters. The smallest absolute Gasteiger partial charge is 0.326 e. The molecule has 0 aliphatic carbocycles. The standard InChI is InChI=1S/C18H18N2O6/c1-26-12-5-2-10(3-6-12)11-4-7-13(14(19)8-11)17(23)20-15(18(24)25)9-16(21)22/h2-8,15H,9,19H2,1H3,(H,20,23)(H,21,22)(H,24,25)/t15-/m0/s1. The number of carbonyl (C=O) groups excluding carboxylic acids is 1. The first-order chi connectivity index (χ1) is 12.3. The van der Waals surface area contributed by atoms with Crippen LogP contribution in [0.1, 0.15) is 16.8 Å². The molecule has 0 bridgehead atoms. The second kappa shape index (κ2) is 8.02. The molecule has 136 valence electrons. The largest absolute Gasteiger partial charge is 0.497 e. The van der Waals surface area contributed by atoms with E-state index < -0.39 is 30.3 Å². The van der Waals surface area contributed by atoms with Gasteiger partial charge in [-0.3, -0.25) is 9.59 Å². The first-order valence-electron chi connectivity index (χ1n) is 7.61. The summed E-state index contributed by atoms with van der Waals surface area (Å²) < 4.78 is 5.10. The van der Waals surface area contributed by atoms with Gasteiger partial charge in [0.15, 0.2) is 0 Å². The third-order valence-corrected chi connectivity index (χ3v) is 3.70. The van der Waals surface area contributed by atoms with E-state index in [4.69, 9.17) is 20.7 Å². The molecular weight excluding hydrogens is 340 g/mol. The van der Waals surface area contributed by atoms with Gasteiger partial charge in [-0.25, -0.2) is 4.79 Å². The molecule has 0 saturated carbocycles. The highest BCUT2D eigenvalue weighted by atomic mass is 16.5. The number of carboxylic acids is 2. The van der Waals surface area contributed by atoms with Gasteiger partial charge < -0.3 is 26.0 Å². The van der Waals surface area contributed by atoms with Crippen molar-refractivity contribution in [3.05, 3.63) is 48.0 Å². The zero-order chi connectivity index (χ0) is 19.3. The Morgan fingerprint density at radius 2 is 1.69 bits per heavy atom. The van der Waals surface area contributed by atoms with Crippen LogP contribution in [-0.2, 0) is 9.59 Å². The molecule has 8 nitrogen and oxygen atoms in total. The summed E-state index contributed by atoms with van der Waals surface area (Å²) >= 11 is 0. The van der Waals surface area contributed by atoms with Crippen LogP contribution >= 0.6 is 0 Å². The summed E-state index contributed by atoms with van der Waals surface area (Å²) in [7, 11) is 1.56. The normalized spacial score (nSPS) is 11.4. The van der Waals surface area contributed by atoms with Crippen molar-refractivity contribution in [3.8, 4) is 16.9 Å². The third-order valence-electron chi connectivity index (χ3n) is 3.70. The van der Waals surface area contributed by atoms with Gasteiger partial charge in [-0.2, -0.15) is 0 Å². The van der Waals surface area contributed by atoms with Crippen molar-refractivity contribution in [2.45, 2.75) is 12.5 Å². The van der Waals surface area contributed by atoms with E-state index >= 15 is 0 Å². The van der Waals surface area contributed by atoms with E-state index in [9.17, 15) is 14.4 Å². The molecule has 0 spiro atoms. The molecule has 0 aliphatic heterocycles. The summed E-state index contributed by atoms with van der Waals surface area (Å²) in [6.45, 7) is 0. The molecule has 0 radical (unpaired) electrons. The lowest BCUT2D eigenvalue weighted by molar-refractivity contribution is -0.145. The number of hydrogen-bond acceptors (Lipinski definition) is 5. The lowest BCUT2D eigenvalue weighted by Gasteiger charge is -2.14. The van der Waals surface area contributed by atoms with Crippen LogP contribution in [-0.4, -0.2) is 41.2 Å². The number of amides is 1. The number of anilines is 1. The number of rotatable bonds is 7. The summed E-state index contributed by atoms with van der Waals surface area (Å²) in [5.74, 6) is -2.82. The topological polar surface area (TPSA) is 139 Å². The SMILES string of the molecule is COc1ccc(-c2ccc(C(=O)N[C@@H](CC(=O)O)C(=O)O)c(N)c2)cc1. The number of carbonyl (C=O) groups is 3. The molecule has 8 heteroatoms. The Labute approximate surface area is 149 Å². The third kappa shape index (κ3) is 4.50. The highest BCUT2D eigenvalue weighted by molar-refractivity contribution is 6.02. The number of nitrogens with one attached hydrogen (secondary N) is 1. The van der Waals surface area contributed by atoms with Crippen LogP contribution in [0.25, 0.3) is 11.1 Å². The number of nitrogens with two attached hydrogens (primary N) is 1.